The molecule has 2 aromatic rings. The molecule has 0 saturated carbocycles. The molecular formula is C37H50O21. The van der Waals surface area contributed by atoms with Crippen LogP contribution in [0.5, 0.6) is 23.0 Å². The highest BCUT2D eigenvalue weighted by Crippen LogP contribution is 2.34. The second kappa shape index (κ2) is 20.5. The summed E-state index contributed by atoms with van der Waals surface area (Å²) in [6, 6.07) is 8.91. The number of carbonyl (C=O) groups is 1. The third-order valence-electron chi connectivity index (χ3n) is 9.82. The maximum Gasteiger partial charge on any atom is 0.330 e. The predicted octanol–water partition coefficient (Wildman–Crippen LogP) is -3.61. The molecule has 0 amide bonds. The number of rotatable bonds is 16. The molecule has 0 unspecified atom stereocenters. The summed E-state index contributed by atoms with van der Waals surface area (Å²) in [6.45, 7) is -2.44. The number of methoxy groups -OCH3 is 2. The number of aromatic hydroxyl groups is 2. The molecule has 0 bridgehead atoms. The van der Waals surface area contributed by atoms with Crippen molar-refractivity contribution < 1.29 is 104 Å². The summed E-state index contributed by atoms with van der Waals surface area (Å²) in [4.78, 5) is 12.8. The lowest BCUT2D eigenvalue weighted by Crippen LogP contribution is -2.67. The fraction of sp³-hybridized carbons (Fsp3) is 0.595. The van der Waals surface area contributed by atoms with Crippen LogP contribution in [-0.2, 0) is 44.4 Å². The van der Waals surface area contributed by atoms with Gasteiger partial charge < -0.3 is 98.8 Å². The molecule has 3 aliphatic rings. The number of phenols is 2. The van der Waals surface area contributed by atoms with Gasteiger partial charge in [-0.3, -0.25) is 0 Å². The molecular weight excluding hydrogens is 780 g/mol. The van der Waals surface area contributed by atoms with Gasteiger partial charge in [0.05, 0.1) is 34.0 Å². The molecule has 3 heterocycles. The third kappa shape index (κ3) is 10.5. The van der Waals surface area contributed by atoms with Crippen molar-refractivity contribution in [3.05, 3.63) is 53.6 Å². The van der Waals surface area contributed by atoms with E-state index in [2.05, 4.69) is 0 Å². The highest BCUT2D eigenvalue weighted by Gasteiger charge is 2.54. The highest BCUT2D eigenvalue weighted by molar-refractivity contribution is 5.87. The third-order valence-corrected chi connectivity index (χ3v) is 9.82. The summed E-state index contributed by atoms with van der Waals surface area (Å²) in [5.74, 6) is -0.750. The Labute approximate surface area is 331 Å². The van der Waals surface area contributed by atoms with Gasteiger partial charge in [-0.2, -0.15) is 0 Å². The molecule has 324 valence electrons. The van der Waals surface area contributed by atoms with Crippen LogP contribution >= 0.6 is 0 Å². The standard InChI is InChI=1S/C37H50O21/c1-50-20-11-16(3-6-18(20)40)5-8-25(42)53-15-24-28(45)33(32(49)35(56-24)52-10-9-17-4-7-19(41)21(12-17)51-2)57-37-34(30(47)27(44)23(14-39)55-37)58-36-31(48)29(46)26(43)22(13-38)54-36/h3-8,11-12,22-24,26-41,43-49H,9-10,13-15H2,1-2H3/b8-5+/t22-,23-,24-,26-,27-,28-,29+,30+,31-,32-,33+,34-,35-,36+,37+/m1/s1. The van der Waals surface area contributed by atoms with Crippen molar-refractivity contribution in [2.45, 2.75) is 98.5 Å². The Bertz CT molecular complexity index is 1660. The Kier molecular flexibility index (Phi) is 16.0. The topological polar surface area (TPSA) is 323 Å². The first kappa shape index (κ1) is 45.3. The van der Waals surface area contributed by atoms with E-state index in [4.69, 9.17) is 42.6 Å². The maximum atomic E-state index is 12.8. The monoisotopic (exact) mass is 830 g/mol. The normalized spacial score (nSPS) is 35.5. The first-order chi connectivity index (χ1) is 27.7. The SMILES string of the molecule is COc1cc(/C=C/C(=O)OC[C@H]2O[C@@H](OCCc3ccc(O)c(OC)c3)[C@H](O)[C@@H](O[C@@H]3O[C@H](CO)[C@@H](O)[C@H](O)[C@H]3O[C@@H]3O[C@H](CO)[C@@H](O)[C@H](O)[C@H]3O)[C@@H]2O)ccc1O. The number of ether oxygens (including phenoxy) is 9. The summed E-state index contributed by atoms with van der Waals surface area (Å²) in [7, 11) is 2.73. The molecule has 5 rings (SSSR count). The number of carbonyl (C=O) groups excluding carboxylic acids is 1. The Hall–Kier alpha value is -3.75. The van der Waals surface area contributed by atoms with Crippen LogP contribution in [0.2, 0.25) is 0 Å². The van der Waals surface area contributed by atoms with Crippen molar-refractivity contribution in [2.24, 2.45) is 0 Å². The lowest BCUT2D eigenvalue weighted by molar-refractivity contribution is -0.389. The maximum absolute atomic E-state index is 12.8. The minimum absolute atomic E-state index is 0.0953. The summed E-state index contributed by atoms with van der Waals surface area (Å²) >= 11 is 0. The van der Waals surface area contributed by atoms with Crippen molar-refractivity contribution in [3.63, 3.8) is 0 Å². The number of aliphatic hydroxyl groups is 9. The first-order valence-electron chi connectivity index (χ1n) is 18.2. The van der Waals surface area contributed by atoms with E-state index in [-0.39, 0.29) is 36.0 Å². The van der Waals surface area contributed by atoms with Gasteiger partial charge in [0.25, 0.3) is 0 Å². The van der Waals surface area contributed by atoms with E-state index >= 15 is 0 Å². The number of aliphatic hydroxyl groups excluding tert-OH is 9. The lowest BCUT2D eigenvalue weighted by atomic mass is 9.96. The van der Waals surface area contributed by atoms with Gasteiger partial charge in [0.1, 0.15) is 79.9 Å². The van der Waals surface area contributed by atoms with E-state index < -0.39 is 118 Å². The van der Waals surface area contributed by atoms with Gasteiger partial charge in [-0.25, -0.2) is 4.79 Å². The average Bonchev–Trinajstić information content (AvgIpc) is 3.22. The molecule has 21 nitrogen and oxygen atoms in total. The van der Waals surface area contributed by atoms with E-state index in [9.17, 15) is 61.0 Å². The molecule has 58 heavy (non-hydrogen) atoms. The van der Waals surface area contributed by atoms with Crippen LogP contribution in [0.4, 0.5) is 0 Å². The molecule has 15 atom stereocenters. The van der Waals surface area contributed by atoms with E-state index in [1.165, 1.54) is 44.6 Å². The van der Waals surface area contributed by atoms with Crippen LogP contribution in [0, 0.1) is 0 Å². The van der Waals surface area contributed by atoms with Crippen LogP contribution in [0.1, 0.15) is 11.1 Å². The zero-order valence-electron chi connectivity index (χ0n) is 31.3. The number of hydrogen-bond acceptors (Lipinski definition) is 21. The van der Waals surface area contributed by atoms with Crippen molar-refractivity contribution >= 4 is 12.0 Å². The largest absolute Gasteiger partial charge is 0.504 e. The van der Waals surface area contributed by atoms with Crippen molar-refractivity contribution in [3.8, 4) is 23.0 Å². The number of phenolic OH excluding ortho intramolecular Hbond substituents is 2. The van der Waals surface area contributed by atoms with Gasteiger partial charge in [-0.05, 0) is 47.9 Å². The fourth-order valence-electron chi connectivity index (χ4n) is 6.48. The van der Waals surface area contributed by atoms with E-state index in [0.717, 1.165) is 6.08 Å². The Balaban J connectivity index is 1.36. The quantitative estimate of drug-likeness (QED) is 0.0575. The molecule has 0 spiro atoms. The van der Waals surface area contributed by atoms with Gasteiger partial charge in [0.2, 0.25) is 0 Å². The Morgan fingerprint density at radius 2 is 1.24 bits per heavy atom. The zero-order chi connectivity index (χ0) is 42.3. The molecule has 2 aromatic carbocycles. The van der Waals surface area contributed by atoms with E-state index in [0.29, 0.717) is 11.1 Å². The number of esters is 1. The average molecular weight is 831 g/mol. The minimum Gasteiger partial charge on any atom is -0.504 e. The van der Waals surface area contributed by atoms with Gasteiger partial charge in [-0.1, -0.05) is 12.1 Å². The van der Waals surface area contributed by atoms with Crippen LogP contribution in [-0.4, -0.2) is 195 Å². The molecule has 0 radical (unpaired) electrons. The van der Waals surface area contributed by atoms with Crippen LogP contribution in [0.25, 0.3) is 6.08 Å². The Morgan fingerprint density at radius 1 is 0.655 bits per heavy atom. The number of hydrogen-bond donors (Lipinski definition) is 11. The van der Waals surface area contributed by atoms with Gasteiger partial charge in [-0.15, -0.1) is 0 Å². The molecule has 0 aromatic heterocycles. The molecule has 21 heteroatoms. The number of benzene rings is 2. The second-order valence-corrected chi connectivity index (χ2v) is 13.7. The van der Waals surface area contributed by atoms with Gasteiger partial charge in [0, 0.05) is 6.08 Å². The van der Waals surface area contributed by atoms with E-state index in [1.54, 1.807) is 12.1 Å². The lowest BCUT2D eigenvalue weighted by Gasteiger charge is -2.48. The molecule has 3 saturated heterocycles. The summed E-state index contributed by atoms with van der Waals surface area (Å²) in [5, 5.41) is 115. The predicted molar refractivity (Wildman–Crippen MR) is 191 cm³/mol. The summed E-state index contributed by atoms with van der Waals surface area (Å²) in [6.07, 6.45) is -23.9. The van der Waals surface area contributed by atoms with Crippen LogP contribution < -0.4 is 9.47 Å². The zero-order valence-corrected chi connectivity index (χ0v) is 31.3. The van der Waals surface area contributed by atoms with Crippen molar-refractivity contribution in [1.82, 2.24) is 0 Å². The van der Waals surface area contributed by atoms with Crippen molar-refractivity contribution in [2.75, 3.05) is 40.6 Å². The first-order valence-corrected chi connectivity index (χ1v) is 18.2. The van der Waals surface area contributed by atoms with Gasteiger partial charge in [0.15, 0.2) is 41.9 Å². The summed E-state index contributed by atoms with van der Waals surface area (Å²) in [5.41, 5.74) is 1.13. The molecule has 3 fully saturated rings. The highest BCUT2D eigenvalue weighted by atomic mass is 16.8. The smallest absolute Gasteiger partial charge is 0.330 e. The second-order valence-electron chi connectivity index (χ2n) is 13.7. The molecule has 3 aliphatic heterocycles. The van der Waals surface area contributed by atoms with Gasteiger partial charge >= 0.3 is 5.97 Å². The fourth-order valence-corrected chi connectivity index (χ4v) is 6.48. The van der Waals surface area contributed by atoms with Crippen molar-refractivity contribution in [1.29, 1.82) is 0 Å². The molecule has 0 aliphatic carbocycles. The molecule has 11 N–H and O–H groups in total. The Morgan fingerprint density at radius 3 is 1.90 bits per heavy atom. The van der Waals surface area contributed by atoms with E-state index in [1.807, 2.05) is 0 Å². The van der Waals surface area contributed by atoms with Crippen LogP contribution in [0.15, 0.2) is 42.5 Å². The summed E-state index contributed by atoms with van der Waals surface area (Å²) < 4.78 is 50.0. The minimum atomic E-state index is -1.97. The van der Waals surface area contributed by atoms with Crippen LogP contribution in [0.3, 0.4) is 0 Å².